The Morgan fingerprint density at radius 1 is 1.30 bits per heavy atom. The second-order valence-corrected chi connectivity index (χ2v) is 4.58. The van der Waals surface area contributed by atoms with Gasteiger partial charge in [0.1, 0.15) is 5.75 Å². The molecule has 7 nitrogen and oxygen atoms in total. The summed E-state index contributed by atoms with van der Waals surface area (Å²) in [6, 6.07) is 1.62. The van der Waals surface area contributed by atoms with Crippen LogP contribution in [0.1, 0.15) is 13.8 Å². The third-order valence-electron chi connectivity index (χ3n) is 2.51. The van der Waals surface area contributed by atoms with E-state index in [1.165, 1.54) is 39.6 Å². The number of carbonyl (C=O) groups excluding carboxylic acids is 2. The van der Waals surface area contributed by atoms with E-state index < -0.39 is 23.6 Å². The highest BCUT2D eigenvalue weighted by Crippen LogP contribution is 2.23. The van der Waals surface area contributed by atoms with Crippen molar-refractivity contribution in [2.24, 2.45) is 10.9 Å². The third kappa shape index (κ3) is 3.11. The van der Waals surface area contributed by atoms with Crippen LogP contribution in [0.15, 0.2) is 23.5 Å². The van der Waals surface area contributed by atoms with Gasteiger partial charge < -0.3 is 14.2 Å². The highest BCUT2D eigenvalue weighted by molar-refractivity contribution is 6.10. The molecule has 0 aliphatic carbocycles. The topological polar surface area (TPSA) is 87.1 Å². The predicted octanol–water partition coefficient (Wildman–Crippen LogP) is 1.24. The quantitative estimate of drug-likeness (QED) is 0.469. The first-order valence-corrected chi connectivity index (χ1v) is 5.90. The standard InChI is InChI=1S/C13H14N2O5/c1-13(2)19-11(16)10(12(17)20-13)7-15-8-4-9(18-3)6-14-5-8/h4-7,10H,1-3H3/b15-7+. The molecule has 0 unspecified atom stereocenters. The highest BCUT2D eigenvalue weighted by Gasteiger charge is 2.42. The fourth-order valence-corrected chi connectivity index (χ4v) is 1.60. The minimum absolute atomic E-state index is 0.454. The van der Waals surface area contributed by atoms with Crippen molar-refractivity contribution in [1.29, 1.82) is 0 Å². The number of methoxy groups -OCH3 is 1. The molecule has 1 aliphatic rings. The molecule has 1 aliphatic heterocycles. The lowest BCUT2D eigenvalue weighted by Gasteiger charge is -2.31. The van der Waals surface area contributed by atoms with E-state index in [1.807, 2.05) is 0 Å². The minimum atomic E-state index is -1.24. The number of rotatable bonds is 3. The van der Waals surface area contributed by atoms with Crippen LogP contribution in [-0.4, -0.2) is 36.0 Å². The summed E-state index contributed by atoms with van der Waals surface area (Å²) in [6.45, 7) is 2.98. The number of hydrogen-bond donors (Lipinski definition) is 0. The van der Waals surface area contributed by atoms with Crippen molar-refractivity contribution in [1.82, 2.24) is 4.98 Å². The normalized spacial score (nSPS) is 18.8. The van der Waals surface area contributed by atoms with Crippen LogP contribution in [-0.2, 0) is 19.1 Å². The zero-order chi connectivity index (χ0) is 14.8. The first-order valence-electron chi connectivity index (χ1n) is 5.90. The van der Waals surface area contributed by atoms with E-state index >= 15 is 0 Å². The number of aromatic nitrogens is 1. The summed E-state index contributed by atoms with van der Waals surface area (Å²) in [6.07, 6.45) is 4.17. The van der Waals surface area contributed by atoms with Crippen LogP contribution in [0.3, 0.4) is 0 Å². The van der Waals surface area contributed by atoms with Gasteiger partial charge in [-0.2, -0.15) is 0 Å². The molecule has 0 aromatic carbocycles. The van der Waals surface area contributed by atoms with E-state index in [2.05, 4.69) is 9.98 Å². The fourth-order valence-electron chi connectivity index (χ4n) is 1.60. The molecule has 0 N–H and O–H groups in total. The number of carbonyl (C=O) groups is 2. The zero-order valence-corrected chi connectivity index (χ0v) is 11.3. The van der Waals surface area contributed by atoms with Gasteiger partial charge in [0.25, 0.3) is 5.79 Å². The van der Waals surface area contributed by atoms with Crippen LogP contribution in [0, 0.1) is 5.92 Å². The van der Waals surface area contributed by atoms with Gasteiger partial charge in [0.15, 0.2) is 5.92 Å². The van der Waals surface area contributed by atoms with Crippen molar-refractivity contribution < 1.29 is 23.8 Å². The summed E-state index contributed by atoms with van der Waals surface area (Å²) < 4.78 is 14.9. The molecule has 1 aromatic heterocycles. The average Bonchev–Trinajstić information content (AvgIpc) is 2.36. The fraction of sp³-hybridized carbons (Fsp3) is 0.385. The Kier molecular flexibility index (Phi) is 3.69. The molecule has 1 aromatic rings. The van der Waals surface area contributed by atoms with Crippen LogP contribution in [0.2, 0.25) is 0 Å². The van der Waals surface area contributed by atoms with Crippen molar-refractivity contribution in [2.75, 3.05) is 7.11 Å². The van der Waals surface area contributed by atoms with Gasteiger partial charge in [0.05, 0.1) is 25.2 Å². The Morgan fingerprint density at radius 2 is 1.95 bits per heavy atom. The number of esters is 2. The van der Waals surface area contributed by atoms with Gasteiger partial charge in [-0.1, -0.05) is 0 Å². The van der Waals surface area contributed by atoms with Crippen molar-refractivity contribution >= 4 is 23.8 Å². The first-order chi connectivity index (χ1) is 9.41. The summed E-state index contributed by atoms with van der Waals surface area (Å²) in [4.78, 5) is 31.3. The summed E-state index contributed by atoms with van der Waals surface area (Å²) >= 11 is 0. The smallest absolute Gasteiger partial charge is 0.329 e. The van der Waals surface area contributed by atoms with Crippen molar-refractivity contribution in [3.63, 3.8) is 0 Å². The molecule has 1 fully saturated rings. The second-order valence-electron chi connectivity index (χ2n) is 4.58. The van der Waals surface area contributed by atoms with Gasteiger partial charge >= 0.3 is 11.9 Å². The SMILES string of the molecule is COc1cncc(/N=C/C2C(=O)OC(C)(C)OC2=O)c1. The Balaban J connectivity index is 2.14. The first kappa shape index (κ1) is 14.0. The van der Waals surface area contributed by atoms with Crippen molar-refractivity contribution in [2.45, 2.75) is 19.6 Å². The number of pyridine rings is 1. The van der Waals surface area contributed by atoms with E-state index in [0.29, 0.717) is 11.4 Å². The third-order valence-corrected chi connectivity index (χ3v) is 2.51. The maximum Gasteiger partial charge on any atom is 0.329 e. The highest BCUT2D eigenvalue weighted by atomic mass is 16.7. The molecule has 0 saturated carbocycles. The molecule has 0 amide bonds. The number of cyclic esters (lactones) is 2. The van der Waals surface area contributed by atoms with Gasteiger partial charge in [-0.25, -0.2) is 0 Å². The Hall–Kier alpha value is -2.44. The zero-order valence-electron chi connectivity index (χ0n) is 11.3. The summed E-state index contributed by atoms with van der Waals surface area (Å²) in [7, 11) is 1.50. The molecule has 0 radical (unpaired) electrons. The van der Waals surface area contributed by atoms with E-state index in [4.69, 9.17) is 14.2 Å². The molecule has 2 rings (SSSR count). The van der Waals surface area contributed by atoms with E-state index in [1.54, 1.807) is 6.07 Å². The average molecular weight is 278 g/mol. The maximum absolute atomic E-state index is 11.7. The molecule has 1 saturated heterocycles. The van der Waals surface area contributed by atoms with E-state index in [-0.39, 0.29) is 0 Å². The van der Waals surface area contributed by atoms with Crippen LogP contribution >= 0.6 is 0 Å². The lowest BCUT2D eigenvalue weighted by molar-refractivity contribution is -0.235. The molecule has 7 heteroatoms. The Bertz CT molecular complexity index is 548. The summed E-state index contributed by atoms with van der Waals surface area (Å²) in [5.74, 6) is -3.27. The number of aliphatic imine (C=N–C) groups is 1. The lowest BCUT2D eigenvalue weighted by Crippen LogP contribution is -2.46. The maximum atomic E-state index is 11.7. The van der Waals surface area contributed by atoms with Gasteiger partial charge in [-0.05, 0) is 0 Å². The largest absolute Gasteiger partial charge is 0.495 e. The molecule has 0 bridgehead atoms. The van der Waals surface area contributed by atoms with Crippen LogP contribution in [0.5, 0.6) is 5.75 Å². The van der Waals surface area contributed by atoms with Crippen molar-refractivity contribution in [3.05, 3.63) is 18.5 Å². The van der Waals surface area contributed by atoms with E-state index in [0.717, 1.165) is 0 Å². The Labute approximate surface area is 115 Å². The molecular formula is C13H14N2O5. The predicted molar refractivity (Wildman–Crippen MR) is 68.7 cm³/mol. The molecule has 0 atom stereocenters. The monoisotopic (exact) mass is 278 g/mol. The lowest BCUT2D eigenvalue weighted by atomic mass is 10.1. The molecule has 0 spiro atoms. The van der Waals surface area contributed by atoms with Gasteiger partial charge in [-0.15, -0.1) is 0 Å². The van der Waals surface area contributed by atoms with Gasteiger partial charge in [-0.3, -0.25) is 19.6 Å². The van der Waals surface area contributed by atoms with Crippen LogP contribution in [0.25, 0.3) is 0 Å². The van der Waals surface area contributed by atoms with Crippen LogP contribution in [0.4, 0.5) is 5.69 Å². The number of ether oxygens (including phenoxy) is 3. The molecular weight excluding hydrogens is 264 g/mol. The second kappa shape index (κ2) is 5.28. The molecule has 2 heterocycles. The minimum Gasteiger partial charge on any atom is -0.495 e. The van der Waals surface area contributed by atoms with E-state index in [9.17, 15) is 9.59 Å². The summed E-state index contributed by atoms with van der Waals surface area (Å²) in [5, 5.41) is 0. The number of hydrogen-bond acceptors (Lipinski definition) is 7. The van der Waals surface area contributed by atoms with Gasteiger partial charge in [0.2, 0.25) is 0 Å². The van der Waals surface area contributed by atoms with Gasteiger partial charge in [0, 0.05) is 26.1 Å². The molecule has 106 valence electrons. The molecule has 20 heavy (non-hydrogen) atoms. The Morgan fingerprint density at radius 3 is 2.55 bits per heavy atom. The summed E-state index contributed by atoms with van der Waals surface area (Å²) in [5.41, 5.74) is 0.454. The van der Waals surface area contributed by atoms with Crippen molar-refractivity contribution in [3.8, 4) is 5.75 Å². The van der Waals surface area contributed by atoms with Crippen LogP contribution < -0.4 is 4.74 Å². The number of nitrogens with zero attached hydrogens (tertiary/aromatic N) is 2.